The van der Waals surface area contributed by atoms with E-state index in [9.17, 15) is 8.78 Å². The Morgan fingerprint density at radius 3 is 2.76 bits per heavy atom. The van der Waals surface area contributed by atoms with Crippen LogP contribution in [0.3, 0.4) is 0 Å². The zero-order valence-electron chi connectivity index (χ0n) is 9.82. The normalized spacial score (nSPS) is 10.7. The number of hydrogen-bond acceptors (Lipinski definition) is 5. The summed E-state index contributed by atoms with van der Waals surface area (Å²) < 4.78 is 24.9. The van der Waals surface area contributed by atoms with Gasteiger partial charge in [-0.25, -0.2) is 13.8 Å². The smallest absolute Gasteiger partial charge is 0.255 e. The molecule has 1 heterocycles. The minimum atomic E-state index is -2.48. The average molecular weight is 246 g/mol. The van der Waals surface area contributed by atoms with E-state index < -0.39 is 13.0 Å². The molecular formula is C10H16F2N4O. The van der Waals surface area contributed by atoms with Crippen LogP contribution in [0.15, 0.2) is 6.20 Å². The third kappa shape index (κ3) is 3.77. The van der Waals surface area contributed by atoms with Gasteiger partial charge in [0, 0.05) is 25.4 Å². The van der Waals surface area contributed by atoms with Gasteiger partial charge in [-0.15, -0.1) is 0 Å². The van der Waals surface area contributed by atoms with Gasteiger partial charge in [-0.1, -0.05) is 0 Å². The number of aromatic nitrogens is 2. The predicted octanol–water partition coefficient (Wildman–Crippen LogP) is 0.891. The van der Waals surface area contributed by atoms with E-state index in [-0.39, 0.29) is 13.2 Å². The van der Waals surface area contributed by atoms with Crippen molar-refractivity contribution >= 4 is 11.8 Å². The van der Waals surface area contributed by atoms with Crippen LogP contribution in [0.5, 0.6) is 0 Å². The lowest BCUT2D eigenvalue weighted by Crippen LogP contribution is -2.33. The minimum Gasteiger partial charge on any atom is -0.395 e. The van der Waals surface area contributed by atoms with Crippen molar-refractivity contribution in [2.24, 2.45) is 0 Å². The molecule has 0 saturated heterocycles. The Labute approximate surface area is 98.5 Å². The molecule has 0 amide bonds. The highest BCUT2D eigenvalue weighted by atomic mass is 19.3. The van der Waals surface area contributed by atoms with E-state index in [1.165, 1.54) is 4.90 Å². The molecule has 0 bridgehead atoms. The van der Waals surface area contributed by atoms with Gasteiger partial charge in [0.1, 0.15) is 5.82 Å². The van der Waals surface area contributed by atoms with E-state index >= 15 is 0 Å². The molecular weight excluding hydrogens is 230 g/mol. The Balaban J connectivity index is 2.98. The van der Waals surface area contributed by atoms with Crippen molar-refractivity contribution in [3.8, 4) is 0 Å². The Morgan fingerprint density at radius 1 is 1.53 bits per heavy atom. The second-order valence-electron chi connectivity index (χ2n) is 3.51. The third-order valence-electron chi connectivity index (χ3n) is 2.20. The molecule has 0 atom stereocenters. The molecule has 7 heteroatoms. The Morgan fingerprint density at radius 2 is 2.24 bits per heavy atom. The van der Waals surface area contributed by atoms with Crippen molar-refractivity contribution in [3.05, 3.63) is 11.8 Å². The lowest BCUT2D eigenvalue weighted by atomic mass is 10.3. The molecule has 5 nitrogen and oxygen atoms in total. The molecule has 1 rings (SSSR count). The molecule has 1 aromatic heterocycles. The van der Waals surface area contributed by atoms with Crippen LogP contribution in [0.4, 0.5) is 20.5 Å². The molecule has 0 aliphatic rings. The number of hydrogen-bond donors (Lipinski definition) is 2. The second kappa shape index (κ2) is 6.29. The maximum atomic E-state index is 12.4. The average Bonchev–Trinajstić information content (AvgIpc) is 2.28. The summed E-state index contributed by atoms with van der Waals surface area (Å²) in [6, 6.07) is 0. The fourth-order valence-electron chi connectivity index (χ4n) is 1.44. The Bertz CT molecular complexity index is 362. The summed E-state index contributed by atoms with van der Waals surface area (Å²) in [6.07, 6.45) is -0.918. The molecule has 0 unspecified atom stereocenters. The molecule has 0 aliphatic carbocycles. The lowest BCUT2D eigenvalue weighted by Gasteiger charge is -2.24. The van der Waals surface area contributed by atoms with Crippen LogP contribution < -0.4 is 10.2 Å². The summed E-state index contributed by atoms with van der Waals surface area (Å²) >= 11 is 0. The Kier molecular flexibility index (Phi) is 5.02. The zero-order chi connectivity index (χ0) is 12.8. The second-order valence-corrected chi connectivity index (χ2v) is 3.51. The predicted molar refractivity (Wildman–Crippen MR) is 61.6 cm³/mol. The van der Waals surface area contributed by atoms with E-state index in [4.69, 9.17) is 5.11 Å². The van der Waals surface area contributed by atoms with E-state index in [1.54, 1.807) is 20.2 Å². The summed E-state index contributed by atoms with van der Waals surface area (Å²) in [5.74, 6) is 0.779. The van der Waals surface area contributed by atoms with Gasteiger partial charge in [0.05, 0.1) is 13.2 Å². The van der Waals surface area contributed by atoms with Gasteiger partial charge < -0.3 is 15.3 Å². The molecule has 2 N–H and O–H groups in total. The van der Waals surface area contributed by atoms with Crippen molar-refractivity contribution in [2.75, 3.05) is 37.0 Å². The zero-order valence-corrected chi connectivity index (χ0v) is 9.82. The molecule has 0 spiro atoms. The van der Waals surface area contributed by atoms with Gasteiger partial charge in [-0.2, -0.15) is 4.98 Å². The topological polar surface area (TPSA) is 61.3 Å². The van der Waals surface area contributed by atoms with Crippen LogP contribution in [0.2, 0.25) is 0 Å². The van der Waals surface area contributed by atoms with Crippen LogP contribution in [0.1, 0.15) is 5.56 Å². The molecule has 0 aromatic carbocycles. The third-order valence-corrected chi connectivity index (χ3v) is 2.20. The standard InChI is InChI=1S/C10H16F2N4O/c1-7-5-14-10(13-2)15-9(7)16(3-4-17)6-8(11)12/h5,8,17H,3-4,6H2,1-2H3,(H,13,14,15). The first-order valence-corrected chi connectivity index (χ1v) is 5.23. The number of halogens is 2. The highest BCUT2D eigenvalue weighted by Gasteiger charge is 2.16. The van der Waals surface area contributed by atoms with Gasteiger partial charge >= 0.3 is 0 Å². The monoisotopic (exact) mass is 246 g/mol. The lowest BCUT2D eigenvalue weighted by molar-refractivity contribution is 0.152. The van der Waals surface area contributed by atoms with Crippen molar-refractivity contribution < 1.29 is 13.9 Å². The summed E-state index contributed by atoms with van der Waals surface area (Å²) in [4.78, 5) is 9.45. The summed E-state index contributed by atoms with van der Waals surface area (Å²) in [5.41, 5.74) is 0.693. The van der Waals surface area contributed by atoms with Crippen molar-refractivity contribution in [1.29, 1.82) is 0 Å². The molecule has 0 aliphatic heterocycles. The SMILES string of the molecule is CNc1ncc(C)c(N(CCO)CC(F)F)n1. The van der Waals surface area contributed by atoms with Gasteiger partial charge in [-0.3, -0.25) is 0 Å². The van der Waals surface area contributed by atoms with Crippen LogP contribution in [-0.2, 0) is 0 Å². The highest BCUT2D eigenvalue weighted by molar-refractivity contribution is 5.48. The first kappa shape index (κ1) is 13.6. The first-order chi connectivity index (χ1) is 8.08. The molecule has 1 aromatic rings. The fraction of sp³-hybridized carbons (Fsp3) is 0.600. The van der Waals surface area contributed by atoms with Crippen LogP contribution >= 0.6 is 0 Å². The number of aliphatic hydroxyl groups is 1. The number of aryl methyl sites for hydroxylation is 1. The molecule has 0 fully saturated rings. The number of rotatable bonds is 6. The number of nitrogens with zero attached hydrogens (tertiary/aromatic N) is 3. The summed E-state index contributed by atoms with van der Waals surface area (Å²) in [6.45, 7) is 1.20. The number of alkyl halides is 2. The molecule has 17 heavy (non-hydrogen) atoms. The van der Waals surface area contributed by atoms with E-state index in [2.05, 4.69) is 15.3 Å². The summed E-state index contributed by atoms with van der Waals surface area (Å²) in [5, 5.41) is 11.6. The number of aliphatic hydroxyl groups excluding tert-OH is 1. The van der Waals surface area contributed by atoms with Crippen molar-refractivity contribution in [3.63, 3.8) is 0 Å². The molecule has 0 saturated carbocycles. The maximum absolute atomic E-state index is 12.4. The quantitative estimate of drug-likeness (QED) is 0.780. The van der Waals surface area contributed by atoms with Gasteiger partial charge in [0.15, 0.2) is 0 Å². The van der Waals surface area contributed by atoms with Crippen LogP contribution in [-0.4, -0.2) is 48.2 Å². The van der Waals surface area contributed by atoms with E-state index in [0.717, 1.165) is 0 Å². The van der Waals surface area contributed by atoms with E-state index in [1.807, 2.05) is 0 Å². The number of anilines is 2. The molecule has 96 valence electrons. The maximum Gasteiger partial charge on any atom is 0.255 e. The van der Waals surface area contributed by atoms with Crippen LogP contribution in [0.25, 0.3) is 0 Å². The molecule has 0 radical (unpaired) electrons. The van der Waals surface area contributed by atoms with E-state index in [0.29, 0.717) is 17.3 Å². The van der Waals surface area contributed by atoms with Crippen LogP contribution in [0, 0.1) is 6.92 Å². The van der Waals surface area contributed by atoms with Crippen molar-refractivity contribution in [2.45, 2.75) is 13.3 Å². The minimum absolute atomic E-state index is 0.116. The van der Waals surface area contributed by atoms with Crippen molar-refractivity contribution in [1.82, 2.24) is 9.97 Å². The van der Waals surface area contributed by atoms with Gasteiger partial charge in [-0.05, 0) is 6.92 Å². The fourth-order valence-corrected chi connectivity index (χ4v) is 1.44. The largest absolute Gasteiger partial charge is 0.395 e. The Hall–Kier alpha value is -1.50. The highest BCUT2D eigenvalue weighted by Crippen LogP contribution is 2.18. The number of nitrogens with one attached hydrogen (secondary N) is 1. The summed E-state index contributed by atoms with van der Waals surface area (Å²) in [7, 11) is 1.65. The van der Waals surface area contributed by atoms with Gasteiger partial charge in [0.25, 0.3) is 6.43 Å². The van der Waals surface area contributed by atoms with Gasteiger partial charge in [0.2, 0.25) is 5.95 Å². The first-order valence-electron chi connectivity index (χ1n) is 5.23.